The monoisotopic (exact) mass is 447 g/mol. The first-order chi connectivity index (χ1) is 16.0. The fraction of sp³-hybridized carbons (Fsp3) is 0.200. The van der Waals surface area contributed by atoms with Crippen LogP contribution in [0.2, 0.25) is 0 Å². The van der Waals surface area contributed by atoms with Gasteiger partial charge in [0.15, 0.2) is 17.3 Å². The number of methoxy groups -OCH3 is 2. The summed E-state index contributed by atoms with van der Waals surface area (Å²) in [5, 5.41) is 13.1. The molecule has 0 bridgehead atoms. The van der Waals surface area contributed by atoms with Crippen molar-refractivity contribution in [1.29, 1.82) is 0 Å². The molecule has 0 saturated heterocycles. The maximum Gasteiger partial charge on any atom is 0.247 e. The van der Waals surface area contributed by atoms with E-state index in [-0.39, 0.29) is 6.42 Å². The zero-order chi connectivity index (χ0) is 23.4. The van der Waals surface area contributed by atoms with E-state index in [1.54, 1.807) is 19.7 Å². The number of nitrogens with zero attached hydrogens (tertiary/aromatic N) is 1. The second-order valence-electron chi connectivity index (χ2n) is 7.57. The highest BCUT2D eigenvalue weighted by Gasteiger charge is 2.14. The van der Waals surface area contributed by atoms with Crippen LogP contribution in [0.5, 0.6) is 11.5 Å². The molecule has 0 aliphatic heterocycles. The Morgan fingerprint density at radius 1 is 1.00 bits per heavy atom. The van der Waals surface area contributed by atoms with Gasteiger partial charge in [-0.2, -0.15) is 0 Å². The molecule has 0 atom stereocenters. The molecule has 8 heteroatoms. The van der Waals surface area contributed by atoms with E-state index in [1.807, 2.05) is 61.5 Å². The third kappa shape index (κ3) is 4.91. The van der Waals surface area contributed by atoms with Crippen molar-refractivity contribution in [2.75, 3.05) is 19.5 Å². The van der Waals surface area contributed by atoms with E-state index in [9.17, 15) is 4.79 Å². The number of aryl methyl sites for hydroxylation is 1. The lowest BCUT2D eigenvalue weighted by Gasteiger charge is -2.15. The van der Waals surface area contributed by atoms with Gasteiger partial charge < -0.3 is 19.2 Å². The first-order valence-electron chi connectivity index (χ1n) is 10.4. The van der Waals surface area contributed by atoms with E-state index in [1.165, 1.54) is 0 Å². The van der Waals surface area contributed by atoms with Gasteiger partial charge in [0.25, 0.3) is 0 Å². The minimum absolute atomic E-state index is 0.118. The lowest BCUT2D eigenvalue weighted by molar-refractivity contribution is -0.128. The van der Waals surface area contributed by atoms with Gasteiger partial charge in [-0.25, -0.2) is 10.5 Å². The molecule has 2 aromatic carbocycles. The zero-order valence-electron chi connectivity index (χ0n) is 18.6. The number of anilines is 1. The summed E-state index contributed by atoms with van der Waals surface area (Å²) in [5.41, 5.74) is 5.81. The van der Waals surface area contributed by atoms with Gasteiger partial charge in [-0.3, -0.25) is 10.0 Å². The fourth-order valence-corrected chi connectivity index (χ4v) is 3.59. The topological polar surface area (TPSA) is 106 Å². The summed E-state index contributed by atoms with van der Waals surface area (Å²) in [6.45, 7) is 2.45. The number of ether oxygens (including phenoxy) is 2. The smallest absolute Gasteiger partial charge is 0.247 e. The Kier molecular flexibility index (Phi) is 6.46. The van der Waals surface area contributed by atoms with Crippen LogP contribution in [0.4, 0.5) is 5.69 Å². The Labute approximate surface area is 191 Å². The van der Waals surface area contributed by atoms with Crippen molar-refractivity contribution in [3.05, 3.63) is 71.5 Å². The lowest BCUT2D eigenvalue weighted by atomic mass is 10.1. The third-order valence-electron chi connectivity index (χ3n) is 5.30. The van der Waals surface area contributed by atoms with Crippen molar-refractivity contribution in [3.8, 4) is 23.0 Å². The number of hydroxylamine groups is 1. The number of furan rings is 1. The van der Waals surface area contributed by atoms with Crippen LogP contribution in [0.25, 0.3) is 22.4 Å². The molecular weight excluding hydrogens is 422 g/mol. The molecule has 2 heterocycles. The number of aromatic nitrogens is 1. The van der Waals surface area contributed by atoms with Gasteiger partial charge >= 0.3 is 0 Å². The Morgan fingerprint density at radius 2 is 1.70 bits per heavy atom. The van der Waals surface area contributed by atoms with E-state index in [0.29, 0.717) is 29.5 Å². The van der Waals surface area contributed by atoms with Crippen molar-refractivity contribution in [2.24, 2.45) is 0 Å². The molecule has 0 aliphatic rings. The van der Waals surface area contributed by atoms with Crippen molar-refractivity contribution >= 4 is 22.5 Å². The van der Waals surface area contributed by atoms with Gasteiger partial charge in [-0.15, -0.1) is 0 Å². The molecule has 8 nitrogen and oxygen atoms in total. The number of fused-ring (bicyclic) bond motifs is 1. The Hall–Kier alpha value is -4.04. The molecule has 170 valence electrons. The highest BCUT2D eigenvalue weighted by Crippen LogP contribution is 2.37. The van der Waals surface area contributed by atoms with E-state index in [4.69, 9.17) is 24.1 Å². The van der Waals surface area contributed by atoms with Crippen LogP contribution in [0.3, 0.4) is 0 Å². The molecule has 4 aromatic rings. The predicted octanol–water partition coefficient (Wildman–Crippen LogP) is 4.48. The number of benzene rings is 2. The number of carbonyl (C=O) groups is 1. The molecule has 0 spiro atoms. The first kappa shape index (κ1) is 22.2. The average molecular weight is 447 g/mol. The molecule has 4 rings (SSSR count). The third-order valence-corrected chi connectivity index (χ3v) is 5.30. The SMILES string of the molecule is COc1cc2nc(-c3ccc(C)o3)cc(NCc3ccc(CC(=O)NO)cc3)c2cc1OC. The average Bonchev–Trinajstić information content (AvgIpc) is 3.28. The summed E-state index contributed by atoms with van der Waals surface area (Å²) >= 11 is 0. The highest BCUT2D eigenvalue weighted by atomic mass is 16.5. The maximum absolute atomic E-state index is 11.3. The summed E-state index contributed by atoms with van der Waals surface area (Å²) in [5.74, 6) is 2.25. The number of carbonyl (C=O) groups excluding carboxylic acids is 1. The summed E-state index contributed by atoms with van der Waals surface area (Å²) < 4.78 is 16.7. The molecule has 0 unspecified atom stereocenters. The van der Waals surface area contributed by atoms with Crippen molar-refractivity contribution in [3.63, 3.8) is 0 Å². The molecule has 1 amide bonds. The quantitative estimate of drug-likeness (QED) is 0.270. The summed E-state index contributed by atoms with van der Waals surface area (Å²) in [7, 11) is 3.19. The van der Waals surface area contributed by atoms with Crippen molar-refractivity contribution in [2.45, 2.75) is 19.9 Å². The molecule has 0 aliphatic carbocycles. The number of amides is 1. The van der Waals surface area contributed by atoms with Crippen LogP contribution in [0.1, 0.15) is 16.9 Å². The summed E-state index contributed by atoms with van der Waals surface area (Å²) in [4.78, 5) is 16.1. The van der Waals surface area contributed by atoms with Crippen molar-refractivity contribution in [1.82, 2.24) is 10.5 Å². The van der Waals surface area contributed by atoms with Crippen molar-refractivity contribution < 1.29 is 23.9 Å². The lowest BCUT2D eigenvalue weighted by Crippen LogP contribution is -2.20. The van der Waals surface area contributed by atoms with Crippen LogP contribution in [0.15, 0.2) is 59.0 Å². The highest BCUT2D eigenvalue weighted by molar-refractivity contribution is 5.95. The van der Waals surface area contributed by atoms with Gasteiger partial charge in [-0.05, 0) is 42.3 Å². The number of rotatable bonds is 8. The van der Waals surface area contributed by atoms with Crippen LogP contribution < -0.4 is 20.3 Å². The van der Waals surface area contributed by atoms with Gasteiger partial charge in [0.05, 0.1) is 26.2 Å². The number of hydrogen-bond acceptors (Lipinski definition) is 7. The molecule has 0 radical (unpaired) electrons. The number of nitrogens with one attached hydrogen (secondary N) is 2. The summed E-state index contributed by atoms with van der Waals surface area (Å²) in [6, 6.07) is 17.1. The van der Waals surface area contributed by atoms with E-state index in [2.05, 4.69) is 5.32 Å². The minimum atomic E-state index is -0.450. The molecule has 33 heavy (non-hydrogen) atoms. The fourth-order valence-electron chi connectivity index (χ4n) is 3.59. The predicted molar refractivity (Wildman–Crippen MR) is 125 cm³/mol. The van der Waals surface area contributed by atoms with Gasteiger partial charge in [-0.1, -0.05) is 24.3 Å². The number of pyridine rings is 1. The normalized spacial score (nSPS) is 10.8. The van der Waals surface area contributed by atoms with Crippen LogP contribution in [0, 0.1) is 6.92 Å². The number of hydrogen-bond donors (Lipinski definition) is 3. The standard InChI is InChI=1S/C25H25N3O5/c1-15-4-9-22(33-15)21-12-19(18-11-23(31-2)24(32-3)13-20(18)27-21)26-14-17-7-5-16(6-8-17)10-25(29)28-30/h4-9,11-13,30H,10,14H2,1-3H3,(H,26,27)(H,28,29). The minimum Gasteiger partial charge on any atom is -0.493 e. The summed E-state index contributed by atoms with van der Waals surface area (Å²) in [6.07, 6.45) is 0.118. The second kappa shape index (κ2) is 9.62. The molecule has 3 N–H and O–H groups in total. The van der Waals surface area contributed by atoms with Crippen LogP contribution >= 0.6 is 0 Å². The molecular formula is C25H25N3O5. The van der Waals surface area contributed by atoms with E-state index >= 15 is 0 Å². The van der Waals surface area contributed by atoms with Gasteiger partial charge in [0.1, 0.15) is 11.5 Å². The molecule has 0 fully saturated rings. The van der Waals surface area contributed by atoms with E-state index < -0.39 is 5.91 Å². The van der Waals surface area contributed by atoms with Gasteiger partial charge in [0.2, 0.25) is 5.91 Å². The largest absolute Gasteiger partial charge is 0.493 e. The molecule has 0 saturated carbocycles. The Bertz CT molecular complexity index is 1280. The second-order valence-corrected chi connectivity index (χ2v) is 7.57. The molecule has 2 aromatic heterocycles. The maximum atomic E-state index is 11.3. The Balaban J connectivity index is 1.68. The Morgan fingerprint density at radius 3 is 2.33 bits per heavy atom. The van der Waals surface area contributed by atoms with Crippen LogP contribution in [-0.2, 0) is 17.8 Å². The van der Waals surface area contributed by atoms with E-state index in [0.717, 1.165) is 33.5 Å². The van der Waals surface area contributed by atoms with Gasteiger partial charge in [0, 0.05) is 23.7 Å². The first-order valence-corrected chi connectivity index (χ1v) is 10.4. The zero-order valence-corrected chi connectivity index (χ0v) is 18.6. The van der Waals surface area contributed by atoms with Crippen LogP contribution in [-0.4, -0.2) is 30.3 Å².